The van der Waals surface area contributed by atoms with Crippen LogP contribution in [-0.4, -0.2) is 68.5 Å². The summed E-state index contributed by atoms with van der Waals surface area (Å²) in [4.78, 5) is 41.2. The SMILES string of the molecule is C[C@@H](c1ncc(-c2ccc(C#Cc3ccc(C4=CN=C([C@@H]5CCCN5C(=O)OC(C)(C)C)C4)cc3)cc2)[nH]1)N(C)C(=O)OC(C)(C)C. The van der Waals surface area contributed by atoms with Crippen molar-refractivity contribution in [2.45, 2.75) is 91.0 Å². The van der Waals surface area contributed by atoms with Crippen molar-refractivity contribution in [3.05, 3.63) is 83.4 Å². The minimum atomic E-state index is -0.564. The third-order valence-electron chi connectivity index (χ3n) is 8.08. The van der Waals surface area contributed by atoms with E-state index < -0.39 is 17.3 Å². The Bertz CT molecular complexity index is 1730. The Morgan fingerprint density at radius 1 is 0.936 bits per heavy atom. The number of nitrogens with one attached hydrogen (secondary N) is 1. The first-order chi connectivity index (χ1) is 22.2. The van der Waals surface area contributed by atoms with Crippen molar-refractivity contribution in [3.63, 3.8) is 0 Å². The summed E-state index contributed by atoms with van der Waals surface area (Å²) in [6.07, 6.45) is 5.61. The molecular formula is C38H45N5O4. The number of likely N-dealkylation sites (tertiary alicyclic amines) is 1. The van der Waals surface area contributed by atoms with E-state index in [4.69, 9.17) is 14.5 Å². The van der Waals surface area contributed by atoms with E-state index in [0.717, 1.165) is 58.5 Å². The molecule has 2 aliphatic heterocycles. The lowest BCUT2D eigenvalue weighted by Crippen LogP contribution is -2.43. The van der Waals surface area contributed by atoms with Crippen LogP contribution >= 0.6 is 0 Å². The highest BCUT2D eigenvalue weighted by atomic mass is 16.6. The molecule has 2 amide bonds. The van der Waals surface area contributed by atoms with Gasteiger partial charge < -0.3 is 19.4 Å². The number of aliphatic imine (C=N–C) groups is 1. The summed E-state index contributed by atoms with van der Waals surface area (Å²) in [6, 6.07) is 15.9. The van der Waals surface area contributed by atoms with Gasteiger partial charge in [-0.05, 0) is 102 Å². The average molecular weight is 636 g/mol. The van der Waals surface area contributed by atoms with Gasteiger partial charge in [0.15, 0.2) is 0 Å². The molecular weight excluding hydrogens is 590 g/mol. The second-order valence-corrected chi connectivity index (χ2v) is 14.1. The van der Waals surface area contributed by atoms with E-state index in [1.54, 1.807) is 13.2 Å². The van der Waals surface area contributed by atoms with Crippen molar-refractivity contribution in [3.8, 4) is 23.1 Å². The third-order valence-corrected chi connectivity index (χ3v) is 8.08. The molecule has 5 rings (SSSR count). The largest absolute Gasteiger partial charge is 0.444 e. The fourth-order valence-corrected chi connectivity index (χ4v) is 5.50. The van der Waals surface area contributed by atoms with Crippen LogP contribution in [0.4, 0.5) is 9.59 Å². The fraction of sp³-hybridized carbons (Fsp3) is 0.421. The van der Waals surface area contributed by atoms with Crippen molar-refractivity contribution < 1.29 is 19.1 Å². The Labute approximate surface area is 278 Å². The lowest BCUT2D eigenvalue weighted by Gasteiger charge is -2.28. The van der Waals surface area contributed by atoms with Crippen molar-refractivity contribution in [1.82, 2.24) is 19.8 Å². The normalized spacial score (nSPS) is 16.9. The maximum absolute atomic E-state index is 12.8. The number of hydrogen-bond donors (Lipinski definition) is 1. The van der Waals surface area contributed by atoms with Crippen LogP contribution in [0.25, 0.3) is 16.8 Å². The molecule has 0 bridgehead atoms. The van der Waals surface area contributed by atoms with Gasteiger partial charge in [0.1, 0.15) is 17.0 Å². The van der Waals surface area contributed by atoms with Crippen molar-refractivity contribution in [1.29, 1.82) is 0 Å². The van der Waals surface area contributed by atoms with Crippen LogP contribution in [0, 0.1) is 11.8 Å². The summed E-state index contributed by atoms with van der Waals surface area (Å²) in [5.41, 5.74) is 5.83. The van der Waals surface area contributed by atoms with E-state index in [-0.39, 0.29) is 18.2 Å². The molecule has 1 N–H and O–H groups in total. The molecule has 0 saturated carbocycles. The third kappa shape index (κ3) is 8.50. The Morgan fingerprint density at radius 3 is 2.13 bits per heavy atom. The van der Waals surface area contributed by atoms with Gasteiger partial charge in [0, 0.05) is 43.1 Å². The molecule has 47 heavy (non-hydrogen) atoms. The second kappa shape index (κ2) is 13.5. The van der Waals surface area contributed by atoms with E-state index in [9.17, 15) is 9.59 Å². The Hall–Kier alpha value is -4.84. The first-order valence-corrected chi connectivity index (χ1v) is 16.2. The molecule has 2 aromatic carbocycles. The number of imidazole rings is 1. The van der Waals surface area contributed by atoms with Gasteiger partial charge in [0.25, 0.3) is 0 Å². The molecule has 246 valence electrons. The van der Waals surface area contributed by atoms with Gasteiger partial charge in [0.2, 0.25) is 0 Å². The molecule has 2 atom stereocenters. The standard InChI is InChI=1S/C38H45N5O4/c1-25(42(8)35(44)46-37(2,3)4)34-40-24-32(41-34)29-19-15-27(16-20-29)12-11-26-13-17-28(18-14-26)30-22-31(39-23-30)33-10-9-21-43(33)36(45)47-38(5,6)7/h13-20,23-25,33H,9-10,21-22H2,1-8H3,(H,40,41)/t25-,33-/m0/s1. The van der Waals surface area contributed by atoms with Gasteiger partial charge in [-0.15, -0.1) is 0 Å². The van der Waals surface area contributed by atoms with Gasteiger partial charge in [-0.2, -0.15) is 0 Å². The quantitative estimate of drug-likeness (QED) is 0.287. The Morgan fingerprint density at radius 2 is 1.53 bits per heavy atom. The molecule has 0 spiro atoms. The molecule has 0 aliphatic carbocycles. The first-order valence-electron chi connectivity index (χ1n) is 16.2. The molecule has 2 aliphatic rings. The van der Waals surface area contributed by atoms with E-state index in [1.165, 1.54) is 4.90 Å². The van der Waals surface area contributed by atoms with Crippen LogP contribution in [0.5, 0.6) is 0 Å². The highest BCUT2D eigenvalue weighted by molar-refractivity contribution is 6.02. The second-order valence-electron chi connectivity index (χ2n) is 14.1. The summed E-state index contributed by atoms with van der Waals surface area (Å²) in [7, 11) is 1.71. The van der Waals surface area contributed by atoms with Gasteiger partial charge >= 0.3 is 12.2 Å². The van der Waals surface area contributed by atoms with E-state index in [2.05, 4.69) is 33.9 Å². The molecule has 3 aromatic rings. The monoisotopic (exact) mass is 635 g/mol. The number of amides is 2. The Balaban J connectivity index is 1.16. The molecule has 0 unspecified atom stereocenters. The maximum atomic E-state index is 12.8. The molecule has 1 saturated heterocycles. The highest BCUT2D eigenvalue weighted by Gasteiger charge is 2.36. The predicted octanol–water partition coefficient (Wildman–Crippen LogP) is 7.99. The van der Waals surface area contributed by atoms with Gasteiger partial charge in [-0.3, -0.25) is 9.89 Å². The van der Waals surface area contributed by atoms with E-state index in [1.807, 2.05) is 96.0 Å². The Kier molecular flexibility index (Phi) is 9.62. The average Bonchev–Trinajstić information content (AvgIpc) is 3.79. The van der Waals surface area contributed by atoms with Gasteiger partial charge in [-0.25, -0.2) is 14.6 Å². The van der Waals surface area contributed by atoms with Crippen LogP contribution in [0.15, 0.2) is 65.9 Å². The van der Waals surface area contributed by atoms with Crippen LogP contribution in [-0.2, 0) is 9.47 Å². The summed E-state index contributed by atoms with van der Waals surface area (Å²) >= 11 is 0. The maximum Gasteiger partial charge on any atom is 0.410 e. The van der Waals surface area contributed by atoms with E-state index >= 15 is 0 Å². The molecule has 9 nitrogen and oxygen atoms in total. The summed E-state index contributed by atoms with van der Waals surface area (Å²) in [6.45, 7) is 13.8. The highest BCUT2D eigenvalue weighted by Crippen LogP contribution is 2.31. The number of nitrogens with zero attached hydrogens (tertiary/aromatic N) is 4. The summed E-state index contributed by atoms with van der Waals surface area (Å²) in [5.74, 6) is 7.19. The van der Waals surface area contributed by atoms with Crippen LogP contribution in [0.1, 0.15) is 96.3 Å². The number of aromatic nitrogens is 2. The summed E-state index contributed by atoms with van der Waals surface area (Å²) < 4.78 is 11.1. The number of hydrogen-bond acceptors (Lipinski definition) is 6. The fourth-order valence-electron chi connectivity index (χ4n) is 5.50. The number of rotatable bonds is 5. The molecule has 1 fully saturated rings. The number of benzene rings is 2. The number of carbonyl (C=O) groups excluding carboxylic acids is 2. The smallest absolute Gasteiger partial charge is 0.410 e. The minimum Gasteiger partial charge on any atom is -0.444 e. The first kappa shape index (κ1) is 33.5. The molecule has 3 heterocycles. The van der Waals surface area contributed by atoms with Crippen molar-refractivity contribution in [2.75, 3.05) is 13.6 Å². The van der Waals surface area contributed by atoms with Gasteiger partial charge in [-0.1, -0.05) is 36.1 Å². The minimum absolute atomic E-state index is 0.0140. The molecule has 9 heteroatoms. The summed E-state index contributed by atoms with van der Waals surface area (Å²) in [5, 5.41) is 0. The number of aromatic amines is 1. The van der Waals surface area contributed by atoms with Crippen LogP contribution in [0.2, 0.25) is 0 Å². The van der Waals surface area contributed by atoms with Crippen LogP contribution < -0.4 is 0 Å². The van der Waals surface area contributed by atoms with Gasteiger partial charge in [0.05, 0.1) is 24.0 Å². The predicted molar refractivity (Wildman–Crippen MR) is 185 cm³/mol. The topological polar surface area (TPSA) is 100 Å². The molecule has 0 radical (unpaired) electrons. The number of H-pyrrole nitrogens is 1. The molecule has 1 aromatic heterocycles. The van der Waals surface area contributed by atoms with Crippen LogP contribution in [0.3, 0.4) is 0 Å². The zero-order valence-corrected chi connectivity index (χ0v) is 28.7. The zero-order chi connectivity index (χ0) is 33.9. The van der Waals surface area contributed by atoms with E-state index in [0.29, 0.717) is 12.4 Å². The lowest BCUT2D eigenvalue weighted by molar-refractivity contribution is 0.0225. The lowest BCUT2D eigenvalue weighted by atomic mass is 9.98. The van der Waals surface area contributed by atoms with Crippen molar-refractivity contribution >= 4 is 23.5 Å². The number of ether oxygens (including phenoxy) is 2. The number of allylic oxidation sites excluding steroid dienone is 1. The van der Waals surface area contributed by atoms with Crippen molar-refractivity contribution in [2.24, 2.45) is 4.99 Å². The number of carbonyl (C=O) groups is 2. The zero-order valence-electron chi connectivity index (χ0n) is 28.7.